The number of fused-ring (bicyclic) bond motifs is 1. The van der Waals surface area contributed by atoms with Gasteiger partial charge >= 0.3 is 5.97 Å². The van der Waals surface area contributed by atoms with Gasteiger partial charge in [0.1, 0.15) is 10.9 Å². The Labute approximate surface area is 117 Å². The highest BCUT2D eigenvalue weighted by atomic mass is 32.1. The van der Waals surface area contributed by atoms with E-state index in [1.165, 1.54) is 29.2 Å². The lowest BCUT2D eigenvalue weighted by molar-refractivity contribution is -0.141. The predicted octanol–water partition coefficient (Wildman–Crippen LogP) is 0.437. The van der Waals surface area contributed by atoms with Crippen molar-refractivity contribution in [3.63, 3.8) is 0 Å². The van der Waals surface area contributed by atoms with Crippen LogP contribution in [0, 0.1) is 0 Å². The maximum Gasteiger partial charge on any atom is 0.325 e. The molecule has 0 radical (unpaired) electrons. The lowest BCUT2D eigenvalue weighted by Crippen LogP contribution is -2.39. The number of nitrogens with one attached hydrogen (secondary N) is 1. The zero-order valence-corrected chi connectivity index (χ0v) is 11.5. The highest BCUT2D eigenvalue weighted by molar-refractivity contribution is 7.16. The Morgan fingerprint density at radius 1 is 1.55 bits per heavy atom. The minimum atomic E-state index is -1.10. The summed E-state index contributed by atoms with van der Waals surface area (Å²) in [7, 11) is 0. The van der Waals surface area contributed by atoms with E-state index >= 15 is 0 Å². The van der Waals surface area contributed by atoms with Crippen molar-refractivity contribution in [3.8, 4) is 0 Å². The van der Waals surface area contributed by atoms with E-state index in [0.29, 0.717) is 10.2 Å². The molecule has 2 heterocycles. The van der Waals surface area contributed by atoms with Crippen LogP contribution in [0.2, 0.25) is 0 Å². The number of nitrogens with zero attached hydrogens (tertiary/aromatic N) is 2. The van der Waals surface area contributed by atoms with Gasteiger partial charge in [-0.05, 0) is 18.4 Å². The van der Waals surface area contributed by atoms with E-state index in [2.05, 4.69) is 10.3 Å². The number of carboxylic acid groups (broad SMARTS) is 1. The molecular weight excluding hydrogens is 282 g/mol. The van der Waals surface area contributed by atoms with Crippen LogP contribution in [0.25, 0.3) is 10.2 Å². The Bertz CT molecular complexity index is 706. The summed E-state index contributed by atoms with van der Waals surface area (Å²) >= 11 is 1.38. The van der Waals surface area contributed by atoms with E-state index in [-0.39, 0.29) is 18.5 Å². The molecule has 0 saturated heterocycles. The van der Waals surface area contributed by atoms with Crippen molar-refractivity contribution in [1.82, 2.24) is 14.9 Å². The SMILES string of the molecule is C[C@@H](NC(=O)CCn1cnc2sccc2c1=O)C(=O)O. The van der Waals surface area contributed by atoms with Crippen LogP contribution >= 0.6 is 11.3 Å². The van der Waals surface area contributed by atoms with E-state index in [1.54, 1.807) is 11.4 Å². The number of carbonyl (C=O) groups is 2. The van der Waals surface area contributed by atoms with Gasteiger partial charge in [0.05, 0.1) is 11.7 Å². The van der Waals surface area contributed by atoms with Crippen molar-refractivity contribution < 1.29 is 14.7 Å². The summed E-state index contributed by atoms with van der Waals surface area (Å²) in [6.45, 7) is 1.54. The Morgan fingerprint density at radius 2 is 2.30 bits per heavy atom. The highest BCUT2D eigenvalue weighted by Crippen LogP contribution is 2.13. The molecule has 2 rings (SSSR count). The molecule has 8 heteroatoms. The first-order chi connectivity index (χ1) is 9.49. The minimum absolute atomic E-state index is 0.0227. The third-order valence-electron chi connectivity index (χ3n) is 2.78. The third kappa shape index (κ3) is 3.02. The smallest absolute Gasteiger partial charge is 0.325 e. The van der Waals surface area contributed by atoms with Gasteiger partial charge in [0, 0.05) is 13.0 Å². The standard InChI is InChI=1S/C12H13N3O4S/c1-7(12(18)19)14-9(16)2-4-15-6-13-10-8(11(15)17)3-5-20-10/h3,5-7H,2,4H2,1H3,(H,14,16)(H,18,19)/t7-/m1/s1. The molecular formula is C12H13N3O4S. The Hall–Kier alpha value is -2.22. The van der Waals surface area contributed by atoms with Crippen LogP contribution in [0.1, 0.15) is 13.3 Å². The number of aromatic nitrogens is 2. The molecule has 2 N–H and O–H groups in total. The summed E-state index contributed by atoms with van der Waals surface area (Å²) < 4.78 is 1.35. The van der Waals surface area contributed by atoms with Gasteiger partial charge in [-0.15, -0.1) is 11.3 Å². The van der Waals surface area contributed by atoms with Gasteiger partial charge in [0.2, 0.25) is 5.91 Å². The summed E-state index contributed by atoms with van der Waals surface area (Å²) in [5.41, 5.74) is -0.199. The lowest BCUT2D eigenvalue weighted by atomic mass is 10.3. The summed E-state index contributed by atoms with van der Waals surface area (Å²) in [6, 6.07) is 0.745. The molecule has 7 nitrogen and oxygen atoms in total. The van der Waals surface area contributed by atoms with Crippen LogP contribution in [0.15, 0.2) is 22.6 Å². The summed E-state index contributed by atoms with van der Waals surface area (Å²) in [6.07, 6.45) is 1.42. The molecule has 0 spiro atoms. The Kier molecular flexibility index (Phi) is 4.14. The Balaban J connectivity index is 2.02. The summed E-state index contributed by atoms with van der Waals surface area (Å²) in [4.78, 5) is 39.0. The highest BCUT2D eigenvalue weighted by Gasteiger charge is 2.14. The van der Waals surface area contributed by atoms with Crippen molar-refractivity contribution in [3.05, 3.63) is 28.1 Å². The molecule has 0 unspecified atom stereocenters. The zero-order valence-electron chi connectivity index (χ0n) is 10.7. The molecule has 0 saturated carbocycles. The quantitative estimate of drug-likeness (QED) is 0.833. The first-order valence-corrected chi connectivity index (χ1v) is 6.82. The molecule has 0 bridgehead atoms. The number of hydrogen-bond acceptors (Lipinski definition) is 5. The first-order valence-electron chi connectivity index (χ1n) is 5.94. The van der Waals surface area contributed by atoms with E-state index < -0.39 is 17.9 Å². The van der Waals surface area contributed by atoms with Crippen molar-refractivity contribution in [2.45, 2.75) is 25.9 Å². The fraction of sp³-hybridized carbons (Fsp3) is 0.333. The number of hydrogen-bond donors (Lipinski definition) is 2. The first kappa shape index (κ1) is 14.2. The number of thiophene rings is 1. The van der Waals surface area contributed by atoms with Gasteiger partial charge in [-0.1, -0.05) is 0 Å². The maximum atomic E-state index is 12.0. The summed E-state index contributed by atoms with van der Waals surface area (Å²) in [5, 5.41) is 13.3. The second kappa shape index (κ2) is 5.83. The van der Waals surface area contributed by atoms with Crippen LogP contribution in [0.5, 0.6) is 0 Å². The topological polar surface area (TPSA) is 101 Å². The van der Waals surface area contributed by atoms with E-state index in [0.717, 1.165) is 0 Å². The average Bonchev–Trinajstić information content (AvgIpc) is 2.87. The van der Waals surface area contributed by atoms with E-state index in [4.69, 9.17) is 5.11 Å². The largest absolute Gasteiger partial charge is 0.480 e. The van der Waals surface area contributed by atoms with Crippen LogP contribution in [0.3, 0.4) is 0 Å². The molecule has 0 aliphatic carbocycles. The van der Waals surface area contributed by atoms with Gasteiger partial charge in [0.25, 0.3) is 5.56 Å². The second-order valence-electron chi connectivity index (χ2n) is 4.26. The van der Waals surface area contributed by atoms with E-state index in [1.807, 2.05) is 0 Å². The van der Waals surface area contributed by atoms with Crippen LogP contribution in [-0.4, -0.2) is 32.6 Å². The number of rotatable bonds is 5. The van der Waals surface area contributed by atoms with Gasteiger partial charge in [-0.3, -0.25) is 19.0 Å². The normalized spacial score (nSPS) is 12.2. The fourth-order valence-electron chi connectivity index (χ4n) is 1.65. The number of amides is 1. The number of aryl methyl sites for hydroxylation is 1. The van der Waals surface area contributed by atoms with Gasteiger partial charge in [-0.2, -0.15) is 0 Å². The molecule has 0 fully saturated rings. The minimum Gasteiger partial charge on any atom is -0.480 e. The van der Waals surface area contributed by atoms with Crippen LogP contribution < -0.4 is 10.9 Å². The molecule has 2 aromatic heterocycles. The van der Waals surface area contributed by atoms with Crippen LogP contribution in [-0.2, 0) is 16.1 Å². The number of aliphatic carboxylic acids is 1. The van der Waals surface area contributed by atoms with Gasteiger partial charge in [0.15, 0.2) is 0 Å². The molecule has 0 aliphatic rings. The van der Waals surface area contributed by atoms with Crippen molar-refractivity contribution in [1.29, 1.82) is 0 Å². The van der Waals surface area contributed by atoms with Crippen molar-refractivity contribution >= 4 is 33.4 Å². The zero-order chi connectivity index (χ0) is 14.7. The van der Waals surface area contributed by atoms with Crippen molar-refractivity contribution in [2.75, 3.05) is 0 Å². The molecule has 0 aliphatic heterocycles. The van der Waals surface area contributed by atoms with E-state index in [9.17, 15) is 14.4 Å². The number of carboxylic acids is 1. The molecule has 1 amide bonds. The van der Waals surface area contributed by atoms with Crippen LogP contribution in [0.4, 0.5) is 0 Å². The molecule has 20 heavy (non-hydrogen) atoms. The second-order valence-corrected chi connectivity index (χ2v) is 5.15. The summed E-state index contributed by atoms with van der Waals surface area (Å²) in [5.74, 6) is -1.52. The Morgan fingerprint density at radius 3 is 3.00 bits per heavy atom. The van der Waals surface area contributed by atoms with Gasteiger partial charge < -0.3 is 10.4 Å². The lowest BCUT2D eigenvalue weighted by Gasteiger charge is -2.09. The predicted molar refractivity (Wildman–Crippen MR) is 73.7 cm³/mol. The average molecular weight is 295 g/mol. The maximum absolute atomic E-state index is 12.0. The fourth-order valence-corrected chi connectivity index (χ4v) is 2.37. The van der Waals surface area contributed by atoms with Gasteiger partial charge in [-0.25, -0.2) is 4.98 Å². The molecule has 106 valence electrons. The number of carbonyl (C=O) groups excluding carboxylic acids is 1. The molecule has 0 aromatic carbocycles. The third-order valence-corrected chi connectivity index (χ3v) is 3.60. The molecule has 1 atom stereocenters. The van der Waals surface area contributed by atoms with Crippen molar-refractivity contribution in [2.24, 2.45) is 0 Å². The monoisotopic (exact) mass is 295 g/mol. The molecule has 2 aromatic rings.